The second-order valence-corrected chi connectivity index (χ2v) is 7.97. The number of urea groups is 1. The predicted molar refractivity (Wildman–Crippen MR) is 127 cm³/mol. The number of carbonyl (C=O) groups excluding carboxylic acids is 1. The normalized spacial score (nSPS) is 11.2. The summed E-state index contributed by atoms with van der Waals surface area (Å²) in [6.45, 7) is 6.15. The Morgan fingerprint density at radius 1 is 1.18 bits per heavy atom. The molecule has 170 valence electrons. The molecule has 0 bridgehead atoms. The molecule has 0 fully saturated rings. The highest BCUT2D eigenvalue weighted by Gasteiger charge is 2.17. The van der Waals surface area contributed by atoms with E-state index in [1.54, 1.807) is 28.8 Å². The SMILES string of the molecule is Cc1ccc(F)c(NC(=O)Nc2ccc(-c3c(COC(C)C)cn4ncnc(N)c34)cc2)c1. The number of aromatic nitrogens is 3. The molecule has 0 radical (unpaired) electrons. The quantitative estimate of drug-likeness (QED) is 0.385. The first-order valence-corrected chi connectivity index (χ1v) is 10.5. The van der Waals surface area contributed by atoms with Crippen molar-refractivity contribution in [2.24, 2.45) is 0 Å². The van der Waals surface area contributed by atoms with Crippen molar-refractivity contribution >= 4 is 28.7 Å². The zero-order chi connectivity index (χ0) is 23.5. The van der Waals surface area contributed by atoms with Crippen molar-refractivity contribution in [2.75, 3.05) is 16.4 Å². The fourth-order valence-corrected chi connectivity index (χ4v) is 3.51. The Morgan fingerprint density at radius 3 is 2.67 bits per heavy atom. The van der Waals surface area contributed by atoms with E-state index >= 15 is 0 Å². The lowest BCUT2D eigenvalue weighted by Crippen LogP contribution is -2.20. The molecule has 0 saturated heterocycles. The van der Waals surface area contributed by atoms with E-state index in [2.05, 4.69) is 20.7 Å². The molecule has 33 heavy (non-hydrogen) atoms. The standard InChI is InChI=1S/C24H25FN6O2/c1-14(2)33-12-17-11-31-22(23(26)27-13-28-31)21(17)16-5-7-18(8-6-16)29-24(32)30-20-10-15(3)4-9-19(20)25/h4-11,13-14H,12H2,1-3H3,(H2,26,27,28)(H2,29,30,32). The third kappa shape index (κ3) is 4.93. The Bertz CT molecular complexity index is 1300. The number of hydrogen-bond acceptors (Lipinski definition) is 5. The van der Waals surface area contributed by atoms with Crippen LogP contribution in [-0.2, 0) is 11.3 Å². The van der Waals surface area contributed by atoms with Crippen molar-refractivity contribution in [1.82, 2.24) is 14.6 Å². The molecule has 0 saturated carbocycles. The Hall–Kier alpha value is -3.98. The molecule has 0 unspecified atom stereocenters. The molecule has 2 aromatic carbocycles. The van der Waals surface area contributed by atoms with Crippen LogP contribution in [0.3, 0.4) is 0 Å². The summed E-state index contributed by atoms with van der Waals surface area (Å²) in [5.41, 5.74) is 11.0. The highest BCUT2D eigenvalue weighted by Crippen LogP contribution is 2.33. The van der Waals surface area contributed by atoms with Gasteiger partial charge in [-0.25, -0.2) is 18.7 Å². The van der Waals surface area contributed by atoms with E-state index in [1.165, 1.54) is 12.4 Å². The molecule has 0 aliphatic carbocycles. The summed E-state index contributed by atoms with van der Waals surface area (Å²) >= 11 is 0. The van der Waals surface area contributed by atoms with Gasteiger partial charge in [0.05, 0.1) is 18.4 Å². The second-order valence-electron chi connectivity index (χ2n) is 7.97. The number of nitrogens with zero attached hydrogens (tertiary/aromatic N) is 3. The van der Waals surface area contributed by atoms with Gasteiger partial charge in [0.1, 0.15) is 17.7 Å². The van der Waals surface area contributed by atoms with Crippen LogP contribution in [0.4, 0.5) is 26.4 Å². The number of hydrogen-bond donors (Lipinski definition) is 3. The first-order chi connectivity index (χ1) is 15.8. The molecule has 2 amide bonds. The minimum atomic E-state index is -0.537. The van der Waals surface area contributed by atoms with Crippen molar-refractivity contribution in [3.05, 3.63) is 71.9 Å². The zero-order valence-electron chi connectivity index (χ0n) is 18.6. The van der Waals surface area contributed by atoms with Crippen molar-refractivity contribution in [3.8, 4) is 11.1 Å². The summed E-state index contributed by atoms with van der Waals surface area (Å²) in [6.07, 6.45) is 3.34. The van der Waals surface area contributed by atoms with Gasteiger partial charge < -0.3 is 21.1 Å². The molecular formula is C24H25FN6O2. The maximum atomic E-state index is 13.9. The third-order valence-corrected chi connectivity index (χ3v) is 5.05. The Balaban J connectivity index is 1.58. The Kier molecular flexibility index (Phi) is 6.23. The van der Waals surface area contributed by atoms with Gasteiger partial charge >= 0.3 is 6.03 Å². The lowest BCUT2D eigenvalue weighted by Gasteiger charge is -2.11. The minimum absolute atomic E-state index is 0.0626. The lowest BCUT2D eigenvalue weighted by molar-refractivity contribution is 0.0660. The number of halogens is 1. The number of carbonyl (C=O) groups is 1. The molecule has 0 aliphatic rings. The van der Waals surface area contributed by atoms with E-state index in [1.807, 2.05) is 39.1 Å². The van der Waals surface area contributed by atoms with E-state index < -0.39 is 11.8 Å². The number of fused-ring (bicyclic) bond motifs is 1. The van der Waals surface area contributed by atoms with Gasteiger partial charge in [-0.2, -0.15) is 5.10 Å². The van der Waals surface area contributed by atoms with Crippen LogP contribution in [0.2, 0.25) is 0 Å². The molecule has 4 N–H and O–H groups in total. The smallest absolute Gasteiger partial charge is 0.323 e. The van der Waals surface area contributed by atoms with Crippen LogP contribution >= 0.6 is 0 Å². The van der Waals surface area contributed by atoms with Gasteiger partial charge in [-0.1, -0.05) is 18.2 Å². The number of aryl methyl sites for hydroxylation is 1. The van der Waals surface area contributed by atoms with Crippen LogP contribution < -0.4 is 16.4 Å². The highest BCUT2D eigenvalue weighted by molar-refractivity contribution is 6.00. The first kappa shape index (κ1) is 22.2. The van der Waals surface area contributed by atoms with Crippen molar-refractivity contribution in [1.29, 1.82) is 0 Å². The number of amides is 2. The summed E-state index contributed by atoms with van der Waals surface area (Å²) < 4.78 is 21.4. The van der Waals surface area contributed by atoms with Gasteiger partial charge in [0.25, 0.3) is 0 Å². The minimum Gasteiger partial charge on any atom is -0.382 e. The zero-order valence-corrected chi connectivity index (χ0v) is 18.6. The van der Waals surface area contributed by atoms with Crippen LogP contribution in [0.15, 0.2) is 55.0 Å². The largest absolute Gasteiger partial charge is 0.382 e. The van der Waals surface area contributed by atoms with Crippen LogP contribution in [0.5, 0.6) is 0 Å². The number of benzene rings is 2. The molecular weight excluding hydrogens is 423 g/mol. The summed E-state index contributed by atoms with van der Waals surface area (Å²) in [4.78, 5) is 16.5. The van der Waals surface area contributed by atoms with Gasteiger partial charge in [-0.3, -0.25) is 0 Å². The number of anilines is 3. The second kappa shape index (κ2) is 9.25. The van der Waals surface area contributed by atoms with Crippen LogP contribution in [0.1, 0.15) is 25.0 Å². The van der Waals surface area contributed by atoms with E-state index in [-0.39, 0.29) is 11.8 Å². The molecule has 0 spiro atoms. The fourth-order valence-electron chi connectivity index (χ4n) is 3.51. The van der Waals surface area contributed by atoms with Gasteiger partial charge in [-0.15, -0.1) is 0 Å². The van der Waals surface area contributed by atoms with Crippen molar-refractivity contribution in [3.63, 3.8) is 0 Å². The monoisotopic (exact) mass is 448 g/mol. The molecule has 0 aliphatic heterocycles. The van der Waals surface area contributed by atoms with Gasteiger partial charge in [0.15, 0.2) is 5.82 Å². The molecule has 2 heterocycles. The van der Waals surface area contributed by atoms with Crippen LogP contribution in [0, 0.1) is 12.7 Å². The number of nitrogens with one attached hydrogen (secondary N) is 2. The van der Waals surface area contributed by atoms with Crippen molar-refractivity contribution in [2.45, 2.75) is 33.5 Å². The van der Waals surface area contributed by atoms with Gasteiger partial charge in [0.2, 0.25) is 0 Å². The lowest BCUT2D eigenvalue weighted by atomic mass is 10.0. The summed E-state index contributed by atoms with van der Waals surface area (Å²) in [5, 5.41) is 9.51. The van der Waals surface area contributed by atoms with E-state index in [0.717, 1.165) is 22.3 Å². The van der Waals surface area contributed by atoms with E-state index in [9.17, 15) is 9.18 Å². The molecule has 0 atom stereocenters. The molecule has 2 aromatic heterocycles. The van der Waals surface area contributed by atoms with Crippen LogP contribution in [-0.4, -0.2) is 26.7 Å². The fraction of sp³-hybridized carbons (Fsp3) is 0.208. The number of nitrogens with two attached hydrogens (primary N) is 1. The number of rotatable bonds is 6. The molecule has 4 rings (SSSR count). The highest BCUT2D eigenvalue weighted by atomic mass is 19.1. The summed E-state index contributed by atoms with van der Waals surface area (Å²) in [7, 11) is 0. The molecule has 9 heteroatoms. The van der Waals surface area contributed by atoms with Gasteiger partial charge in [-0.05, 0) is 56.2 Å². The van der Waals surface area contributed by atoms with Crippen LogP contribution in [0.25, 0.3) is 16.6 Å². The maximum absolute atomic E-state index is 13.9. The summed E-state index contributed by atoms with van der Waals surface area (Å²) in [6, 6.07) is 11.2. The van der Waals surface area contributed by atoms with E-state index in [0.29, 0.717) is 23.6 Å². The molecule has 4 aromatic rings. The number of nitrogen functional groups attached to an aromatic ring is 1. The van der Waals surface area contributed by atoms with Gasteiger partial charge in [0, 0.05) is 23.0 Å². The number of ether oxygens (including phenoxy) is 1. The summed E-state index contributed by atoms with van der Waals surface area (Å²) in [5.74, 6) is -0.139. The van der Waals surface area contributed by atoms with E-state index in [4.69, 9.17) is 10.5 Å². The Labute approximate surface area is 190 Å². The average Bonchev–Trinajstić information content (AvgIpc) is 3.15. The Morgan fingerprint density at radius 2 is 1.94 bits per heavy atom. The topological polar surface area (TPSA) is 107 Å². The third-order valence-electron chi connectivity index (χ3n) is 5.05. The van der Waals surface area contributed by atoms with Crippen molar-refractivity contribution < 1.29 is 13.9 Å². The first-order valence-electron chi connectivity index (χ1n) is 10.5. The predicted octanol–water partition coefficient (Wildman–Crippen LogP) is 5.00. The average molecular weight is 449 g/mol. The maximum Gasteiger partial charge on any atom is 0.323 e. The molecule has 8 nitrogen and oxygen atoms in total.